The molecule has 1 aliphatic heterocycles. The Morgan fingerprint density at radius 3 is 3.04 bits per heavy atom. The van der Waals surface area contributed by atoms with E-state index in [9.17, 15) is 4.79 Å². The third-order valence-electron chi connectivity index (χ3n) is 4.52. The Bertz CT molecular complexity index is 713. The van der Waals surface area contributed by atoms with Crippen molar-refractivity contribution in [2.24, 2.45) is 0 Å². The number of carbonyl (C=O) groups excluding carboxylic acids is 1. The molecule has 1 unspecified atom stereocenters. The number of amides is 1. The topological polar surface area (TPSA) is 75.9 Å². The van der Waals surface area contributed by atoms with Gasteiger partial charge in [0.2, 0.25) is 5.91 Å². The van der Waals surface area contributed by atoms with E-state index < -0.39 is 0 Å². The fourth-order valence-corrected chi connectivity index (χ4v) is 3.31. The molecular formula is C18H26N6O. The monoisotopic (exact) mass is 342 g/mol. The summed E-state index contributed by atoms with van der Waals surface area (Å²) in [6.07, 6.45) is 9.00. The average Bonchev–Trinajstić information content (AvgIpc) is 3.24. The van der Waals surface area contributed by atoms with Crippen molar-refractivity contribution in [2.75, 3.05) is 6.54 Å². The first-order chi connectivity index (χ1) is 12.2. The molecule has 1 N–H and O–H groups in total. The van der Waals surface area contributed by atoms with Gasteiger partial charge in [0, 0.05) is 32.1 Å². The molecule has 0 saturated carbocycles. The third-order valence-corrected chi connectivity index (χ3v) is 4.52. The summed E-state index contributed by atoms with van der Waals surface area (Å²) >= 11 is 0. The van der Waals surface area contributed by atoms with E-state index in [-0.39, 0.29) is 11.9 Å². The molecule has 134 valence electrons. The van der Waals surface area contributed by atoms with Gasteiger partial charge in [-0.2, -0.15) is 0 Å². The van der Waals surface area contributed by atoms with Crippen LogP contribution in [0, 0.1) is 0 Å². The summed E-state index contributed by atoms with van der Waals surface area (Å²) < 4.78 is 2.23. The van der Waals surface area contributed by atoms with Crippen molar-refractivity contribution in [3.63, 3.8) is 0 Å². The largest absolute Gasteiger partial charge is 0.351 e. The van der Waals surface area contributed by atoms with Crippen molar-refractivity contribution in [1.82, 2.24) is 29.7 Å². The second-order valence-electron chi connectivity index (χ2n) is 6.48. The zero-order chi connectivity index (χ0) is 17.6. The lowest BCUT2D eigenvalue weighted by atomic mass is 10.2. The van der Waals surface area contributed by atoms with Crippen LogP contribution in [-0.4, -0.2) is 36.9 Å². The van der Waals surface area contributed by atoms with E-state index in [2.05, 4.69) is 42.9 Å². The molecule has 0 spiro atoms. The van der Waals surface area contributed by atoms with Gasteiger partial charge in [-0.3, -0.25) is 9.69 Å². The minimum Gasteiger partial charge on any atom is -0.351 e. The molecule has 7 nitrogen and oxygen atoms in total. The van der Waals surface area contributed by atoms with E-state index >= 15 is 0 Å². The van der Waals surface area contributed by atoms with Gasteiger partial charge < -0.3 is 9.88 Å². The number of carbonyl (C=O) groups is 1. The Labute approximate surface area is 148 Å². The number of aromatic nitrogens is 4. The quantitative estimate of drug-likeness (QED) is 0.833. The molecule has 0 radical (unpaired) electrons. The van der Waals surface area contributed by atoms with Crippen LogP contribution in [0.3, 0.4) is 0 Å². The van der Waals surface area contributed by atoms with E-state index in [1.165, 1.54) is 6.92 Å². The molecule has 0 aliphatic carbocycles. The van der Waals surface area contributed by atoms with Crippen molar-refractivity contribution in [3.05, 3.63) is 42.0 Å². The first-order valence-electron chi connectivity index (χ1n) is 8.97. The molecule has 1 aliphatic rings. The van der Waals surface area contributed by atoms with Crippen LogP contribution >= 0.6 is 0 Å². The highest BCUT2D eigenvalue weighted by Gasteiger charge is 2.29. The Balaban J connectivity index is 1.72. The van der Waals surface area contributed by atoms with Crippen LogP contribution < -0.4 is 5.32 Å². The molecule has 2 aromatic rings. The van der Waals surface area contributed by atoms with E-state index in [1.54, 1.807) is 6.20 Å². The van der Waals surface area contributed by atoms with Gasteiger partial charge in [0.1, 0.15) is 11.6 Å². The molecule has 0 bridgehead atoms. The normalized spacial score (nSPS) is 17.8. The van der Waals surface area contributed by atoms with Gasteiger partial charge in [-0.15, -0.1) is 0 Å². The molecule has 1 amide bonds. The minimum absolute atomic E-state index is 0.0505. The minimum atomic E-state index is -0.0505. The molecule has 1 saturated heterocycles. The zero-order valence-electron chi connectivity index (χ0n) is 15.0. The number of hydrogen-bond acceptors (Lipinski definition) is 5. The average molecular weight is 342 g/mol. The fraction of sp³-hybridized carbons (Fsp3) is 0.556. The highest BCUT2D eigenvalue weighted by Crippen LogP contribution is 2.31. The summed E-state index contributed by atoms with van der Waals surface area (Å²) in [6, 6.07) is 2.07. The number of hydrogen-bond donors (Lipinski definition) is 1. The van der Waals surface area contributed by atoms with E-state index in [0.29, 0.717) is 6.54 Å². The summed E-state index contributed by atoms with van der Waals surface area (Å²) in [7, 11) is 0. The predicted molar refractivity (Wildman–Crippen MR) is 94.5 cm³/mol. The number of nitrogens with zero attached hydrogens (tertiary/aromatic N) is 5. The molecule has 25 heavy (non-hydrogen) atoms. The summed E-state index contributed by atoms with van der Waals surface area (Å²) in [4.78, 5) is 27.2. The van der Waals surface area contributed by atoms with Gasteiger partial charge in [0.05, 0.1) is 24.8 Å². The number of imidazole rings is 1. The molecule has 7 heteroatoms. The summed E-state index contributed by atoms with van der Waals surface area (Å²) in [5.41, 5.74) is 0.847. The van der Waals surface area contributed by atoms with Gasteiger partial charge in [-0.25, -0.2) is 15.0 Å². The highest BCUT2D eigenvalue weighted by atomic mass is 16.1. The van der Waals surface area contributed by atoms with Crippen LogP contribution in [0.25, 0.3) is 0 Å². The van der Waals surface area contributed by atoms with Crippen molar-refractivity contribution in [1.29, 1.82) is 0 Å². The van der Waals surface area contributed by atoms with Gasteiger partial charge in [-0.1, -0.05) is 6.92 Å². The molecule has 1 fully saturated rings. The van der Waals surface area contributed by atoms with Crippen molar-refractivity contribution < 1.29 is 4.79 Å². The van der Waals surface area contributed by atoms with Crippen molar-refractivity contribution in [3.8, 4) is 0 Å². The van der Waals surface area contributed by atoms with E-state index in [0.717, 1.165) is 56.2 Å². The molecule has 2 aromatic heterocycles. The summed E-state index contributed by atoms with van der Waals surface area (Å²) in [5, 5.41) is 2.79. The van der Waals surface area contributed by atoms with Crippen molar-refractivity contribution >= 4 is 5.91 Å². The Morgan fingerprint density at radius 2 is 2.24 bits per heavy atom. The van der Waals surface area contributed by atoms with Crippen LogP contribution in [0.5, 0.6) is 0 Å². The molecule has 1 atom stereocenters. The Morgan fingerprint density at radius 1 is 1.36 bits per heavy atom. The SMILES string of the molecule is CCCn1ccnc1CN1CCCC1c1nccc(CNC(C)=O)n1. The lowest BCUT2D eigenvalue weighted by Crippen LogP contribution is -2.27. The zero-order valence-corrected chi connectivity index (χ0v) is 15.0. The van der Waals surface area contributed by atoms with Crippen LogP contribution in [0.15, 0.2) is 24.7 Å². The van der Waals surface area contributed by atoms with Crippen molar-refractivity contribution in [2.45, 2.75) is 58.8 Å². The van der Waals surface area contributed by atoms with Gasteiger partial charge >= 0.3 is 0 Å². The van der Waals surface area contributed by atoms with Crippen LogP contribution in [0.1, 0.15) is 56.5 Å². The Kier molecular flexibility index (Phi) is 5.75. The summed E-state index contributed by atoms with van der Waals surface area (Å²) in [5.74, 6) is 1.89. The fourth-order valence-electron chi connectivity index (χ4n) is 3.31. The Hall–Kier alpha value is -2.28. The highest BCUT2D eigenvalue weighted by molar-refractivity contribution is 5.72. The number of nitrogens with one attached hydrogen (secondary N) is 1. The first-order valence-corrected chi connectivity index (χ1v) is 8.97. The molecule has 0 aromatic carbocycles. The van der Waals surface area contributed by atoms with E-state index in [4.69, 9.17) is 0 Å². The van der Waals surface area contributed by atoms with Gasteiger partial charge in [-0.05, 0) is 31.9 Å². The maximum absolute atomic E-state index is 11.1. The van der Waals surface area contributed by atoms with Gasteiger partial charge in [0.15, 0.2) is 0 Å². The number of rotatable bonds is 7. The number of likely N-dealkylation sites (tertiary alicyclic amines) is 1. The third kappa shape index (κ3) is 4.42. The standard InChI is InChI=1S/C18H26N6O/c1-3-9-23-11-8-19-17(23)13-24-10-4-5-16(24)18-20-7-6-15(22-18)12-21-14(2)25/h6-8,11,16H,3-5,9-10,12-13H2,1-2H3,(H,21,25). The van der Waals surface area contributed by atoms with Gasteiger partial charge in [0.25, 0.3) is 0 Å². The second-order valence-corrected chi connectivity index (χ2v) is 6.48. The smallest absolute Gasteiger partial charge is 0.217 e. The molecule has 3 heterocycles. The van der Waals surface area contributed by atoms with Crippen LogP contribution in [0.2, 0.25) is 0 Å². The first kappa shape index (κ1) is 17.5. The molecular weight excluding hydrogens is 316 g/mol. The van der Waals surface area contributed by atoms with Crippen LogP contribution in [-0.2, 0) is 24.4 Å². The maximum Gasteiger partial charge on any atom is 0.217 e. The summed E-state index contributed by atoms with van der Waals surface area (Å²) in [6.45, 7) is 6.98. The van der Waals surface area contributed by atoms with Crippen LogP contribution in [0.4, 0.5) is 0 Å². The lowest BCUT2D eigenvalue weighted by Gasteiger charge is -2.23. The van der Waals surface area contributed by atoms with E-state index in [1.807, 2.05) is 12.3 Å². The lowest BCUT2D eigenvalue weighted by molar-refractivity contribution is -0.119. The number of aryl methyl sites for hydroxylation is 1. The molecule has 3 rings (SSSR count). The second kappa shape index (κ2) is 8.20. The predicted octanol–water partition coefficient (Wildman–Crippen LogP) is 2.06. The maximum atomic E-state index is 11.1.